The van der Waals surface area contributed by atoms with E-state index in [1.165, 1.54) is 0 Å². The van der Waals surface area contributed by atoms with E-state index < -0.39 is 0 Å². The fourth-order valence-corrected chi connectivity index (χ4v) is 3.09. The quantitative estimate of drug-likeness (QED) is 0.852. The summed E-state index contributed by atoms with van der Waals surface area (Å²) >= 11 is 0. The van der Waals surface area contributed by atoms with Gasteiger partial charge in [0, 0.05) is 25.2 Å². The zero-order chi connectivity index (χ0) is 19.1. The Morgan fingerprint density at radius 1 is 1.15 bits per heavy atom. The molecular weight excluding hydrogens is 342 g/mol. The molecule has 2 amide bonds. The third-order valence-electron chi connectivity index (χ3n) is 4.71. The van der Waals surface area contributed by atoms with Crippen molar-refractivity contribution >= 4 is 17.6 Å². The van der Waals surface area contributed by atoms with Gasteiger partial charge in [0.2, 0.25) is 11.8 Å². The van der Waals surface area contributed by atoms with Gasteiger partial charge in [-0.2, -0.15) is 0 Å². The van der Waals surface area contributed by atoms with Crippen molar-refractivity contribution in [3.8, 4) is 5.75 Å². The molecule has 1 saturated heterocycles. The number of pyridine rings is 1. The number of para-hydroxylation sites is 1. The molecule has 1 aromatic carbocycles. The number of aromatic nitrogens is 1. The zero-order valence-corrected chi connectivity index (χ0v) is 15.6. The lowest BCUT2D eigenvalue weighted by atomic mass is 9.95. The largest absolute Gasteiger partial charge is 0.493 e. The Morgan fingerprint density at radius 2 is 1.89 bits per heavy atom. The molecule has 0 aliphatic carbocycles. The van der Waals surface area contributed by atoms with Crippen molar-refractivity contribution in [1.82, 2.24) is 9.88 Å². The highest BCUT2D eigenvalue weighted by Gasteiger charge is 2.27. The second-order valence-electron chi connectivity index (χ2n) is 6.78. The van der Waals surface area contributed by atoms with Crippen LogP contribution in [0.2, 0.25) is 0 Å². The number of nitrogens with one attached hydrogen (secondary N) is 1. The van der Waals surface area contributed by atoms with Crippen molar-refractivity contribution in [3.05, 3.63) is 54.2 Å². The van der Waals surface area contributed by atoms with E-state index in [1.54, 1.807) is 12.3 Å². The van der Waals surface area contributed by atoms with Crippen LogP contribution in [-0.2, 0) is 9.59 Å². The van der Waals surface area contributed by atoms with Gasteiger partial charge < -0.3 is 15.0 Å². The van der Waals surface area contributed by atoms with Gasteiger partial charge in [-0.3, -0.25) is 9.59 Å². The predicted molar refractivity (Wildman–Crippen MR) is 103 cm³/mol. The van der Waals surface area contributed by atoms with Crippen LogP contribution in [0.15, 0.2) is 48.7 Å². The Morgan fingerprint density at radius 3 is 2.56 bits per heavy atom. The Bertz CT molecular complexity index is 754. The molecule has 1 aromatic heterocycles. The molecule has 0 bridgehead atoms. The predicted octanol–water partition coefficient (Wildman–Crippen LogP) is 3.04. The number of hydrogen-bond acceptors (Lipinski definition) is 4. The normalized spacial score (nSPS) is 14.6. The SMILES string of the molecule is Cc1ccc(NC(=O)C2CCN(C(=O)CCOc3ccccc3)CC2)nc1. The van der Waals surface area contributed by atoms with Crippen molar-refractivity contribution in [2.75, 3.05) is 25.0 Å². The summed E-state index contributed by atoms with van der Waals surface area (Å²) in [7, 11) is 0. The van der Waals surface area contributed by atoms with Gasteiger partial charge in [0.1, 0.15) is 11.6 Å². The molecule has 2 aromatic rings. The average Bonchev–Trinajstić information content (AvgIpc) is 2.70. The van der Waals surface area contributed by atoms with Crippen LogP contribution in [0.1, 0.15) is 24.8 Å². The first-order chi connectivity index (χ1) is 13.1. The molecule has 1 N–H and O–H groups in total. The Hall–Kier alpha value is -2.89. The fourth-order valence-electron chi connectivity index (χ4n) is 3.09. The number of nitrogens with zero attached hydrogens (tertiary/aromatic N) is 2. The van der Waals surface area contributed by atoms with Crippen LogP contribution in [0.4, 0.5) is 5.82 Å². The highest BCUT2D eigenvalue weighted by atomic mass is 16.5. The second kappa shape index (κ2) is 9.16. The smallest absolute Gasteiger partial charge is 0.228 e. The van der Waals surface area contributed by atoms with Crippen molar-refractivity contribution < 1.29 is 14.3 Å². The maximum absolute atomic E-state index is 12.4. The highest BCUT2D eigenvalue weighted by Crippen LogP contribution is 2.20. The van der Waals surface area contributed by atoms with Gasteiger partial charge in [0.15, 0.2) is 0 Å². The van der Waals surface area contributed by atoms with Crippen LogP contribution in [0, 0.1) is 12.8 Å². The lowest BCUT2D eigenvalue weighted by Crippen LogP contribution is -2.41. The standard InChI is InChI=1S/C21H25N3O3/c1-16-7-8-19(22-15-16)23-21(26)17-9-12-24(13-10-17)20(25)11-14-27-18-5-3-2-4-6-18/h2-8,15,17H,9-14H2,1H3,(H,22,23,26). The van der Waals surface area contributed by atoms with Gasteiger partial charge >= 0.3 is 0 Å². The monoisotopic (exact) mass is 367 g/mol. The molecule has 6 nitrogen and oxygen atoms in total. The number of ether oxygens (including phenoxy) is 1. The number of piperidine rings is 1. The van der Waals surface area contributed by atoms with Gasteiger partial charge in [0.05, 0.1) is 13.0 Å². The first-order valence-electron chi connectivity index (χ1n) is 9.31. The van der Waals surface area contributed by atoms with Gasteiger partial charge in [-0.15, -0.1) is 0 Å². The second-order valence-corrected chi connectivity index (χ2v) is 6.78. The molecule has 27 heavy (non-hydrogen) atoms. The molecule has 0 saturated carbocycles. The molecule has 2 heterocycles. The number of benzene rings is 1. The molecule has 1 aliphatic heterocycles. The summed E-state index contributed by atoms with van der Waals surface area (Å²) in [5.74, 6) is 1.31. The zero-order valence-electron chi connectivity index (χ0n) is 15.6. The van der Waals surface area contributed by atoms with Crippen LogP contribution >= 0.6 is 0 Å². The van der Waals surface area contributed by atoms with Crippen LogP contribution in [0.25, 0.3) is 0 Å². The summed E-state index contributed by atoms with van der Waals surface area (Å²) < 4.78 is 5.58. The van der Waals surface area contributed by atoms with Crippen LogP contribution in [-0.4, -0.2) is 41.4 Å². The van der Waals surface area contributed by atoms with Gasteiger partial charge in [0.25, 0.3) is 0 Å². The van der Waals surface area contributed by atoms with E-state index >= 15 is 0 Å². The topological polar surface area (TPSA) is 71.5 Å². The number of hydrogen-bond donors (Lipinski definition) is 1. The molecule has 1 aliphatic rings. The lowest BCUT2D eigenvalue weighted by Gasteiger charge is -2.31. The maximum Gasteiger partial charge on any atom is 0.228 e. The molecule has 3 rings (SSSR count). The van der Waals surface area contributed by atoms with E-state index in [-0.39, 0.29) is 17.7 Å². The van der Waals surface area contributed by atoms with Crippen molar-refractivity contribution in [2.24, 2.45) is 5.92 Å². The summed E-state index contributed by atoms with van der Waals surface area (Å²) in [5.41, 5.74) is 1.05. The molecule has 6 heteroatoms. The summed E-state index contributed by atoms with van der Waals surface area (Å²) in [4.78, 5) is 30.7. The highest BCUT2D eigenvalue weighted by molar-refractivity contribution is 5.91. The van der Waals surface area contributed by atoms with Gasteiger partial charge in [-0.1, -0.05) is 24.3 Å². The van der Waals surface area contributed by atoms with E-state index in [1.807, 2.05) is 48.2 Å². The third kappa shape index (κ3) is 5.54. The molecule has 0 spiro atoms. The minimum atomic E-state index is -0.0854. The average molecular weight is 367 g/mol. The molecule has 1 fully saturated rings. The molecule has 0 atom stereocenters. The minimum absolute atomic E-state index is 0.0223. The van der Waals surface area contributed by atoms with Crippen LogP contribution < -0.4 is 10.1 Å². The van der Waals surface area contributed by atoms with Gasteiger partial charge in [-0.05, 0) is 43.5 Å². The first kappa shape index (κ1) is 18.9. The number of carbonyl (C=O) groups is 2. The van der Waals surface area contributed by atoms with E-state index in [0.717, 1.165) is 11.3 Å². The Labute approximate surface area is 159 Å². The summed E-state index contributed by atoms with van der Waals surface area (Å²) in [6, 6.07) is 13.2. The van der Waals surface area contributed by atoms with Gasteiger partial charge in [-0.25, -0.2) is 4.98 Å². The van der Waals surface area contributed by atoms with E-state index in [9.17, 15) is 9.59 Å². The van der Waals surface area contributed by atoms with Crippen LogP contribution in [0.3, 0.4) is 0 Å². The summed E-state index contributed by atoms with van der Waals surface area (Å²) in [5, 5.41) is 2.86. The first-order valence-corrected chi connectivity index (χ1v) is 9.31. The Balaban J connectivity index is 1.39. The third-order valence-corrected chi connectivity index (χ3v) is 4.71. The summed E-state index contributed by atoms with van der Waals surface area (Å²) in [6.45, 7) is 3.52. The number of carbonyl (C=O) groups excluding carboxylic acids is 2. The molecule has 142 valence electrons. The number of anilines is 1. The van der Waals surface area contributed by atoms with E-state index in [2.05, 4.69) is 10.3 Å². The Kier molecular flexibility index (Phi) is 6.41. The summed E-state index contributed by atoms with van der Waals surface area (Å²) in [6.07, 6.45) is 3.42. The van der Waals surface area contributed by atoms with Crippen molar-refractivity contribution in [3.63, 3.8) is 0 Å². The van der Waals surface area contributed by atoms with Crippen molar-refractivity contribution in [1.29, 1.82) is 0 Å². The maximum atomic E-state index is 12.4. The number of likely N-dealkylation sites (tertiary alicyclic amines) is 1. The fraction of sp³-hybridized carbons (Fsp3) is 0.381. The molecular formula is C21H25N3O3. The van der Waals surface area contributed by atoms with Crippen molar-refractivity contribution in [2.45, 2.75) is 26.2 Å². The lowest BCUT2D eigenvalue weighted by molar-refractivity contribution is -0.135. The minimum Gasteiger partial charge on any atom is -0.493 e. The van der Waals surface area contributed by atoms with E-state index in [4.69, 9.17) is 4.74 Å². The molecule has 0 radical (unpaired) electrons. The molecule has 0 unspecified atom stereocenters. The number of aryl methyl sites for hydroxylation is 1. The number of amides is 2. The van der Waals surface area contributed by atoms with Crippen LogP contribution in [0.5, 0.6) is 5.75 Å². The number of rotatable bonds is 6. The van der Waals surface area contributed by atoms with E-state index in [0.29, 0.717) is 44.8 Å².